The number of piperidine rings is 1. The molecule has 2 aliphatic heterocycles. The lowest BCUT2D eigenvalue weighted by Gasteiger charge is -2.37. The van der Waals surface area contributed by atoms with Gasteiger partial charge >= 0.3 is 0 Å². The molecule has 2 rings (SSSR count). The molecule has 2 fully saturated rings. The molecule has 0 amide bonds. The molecular weight excluding hydrogens is 172 g/mol. The number of nitrogens with one attached hydrogen (secondary N) is 1. The van der Waals surface area contributed by atoms with Crippen molar-refractivity contribution < 1.29 is 0 Å². The average molecular weight is 194 g/mol. The first kappa shape index (κ1) is 10.2. The van der Waals surface area contributed by atoms with Gasteiger partial charge in [0.2, 0.25) is 0 Å². The van der Waals surface area contributed by atoms with Crippen LogP contribution in [0.3, 0.4) is 0 Å². The number of fused-ring (bicyclic) bond motifs is 2. The second kappa shape index (κ2) is 4.03. The fraction of sp³-hybridized carbons (Fsp3) is 0.833. The smallest absolute Gasteiger partial charge is 0.0221 e. The molecule has 80 valence electrons. The Morgan fingerprint density at radius 1 is 1.36 bits per heavy atom. The van der Waals surface area contributed by atoms with Gasteiger partial charge in [-0.1, -0.05) is 6.08 Å². The van der Waals surface area contributed by atoms with Crippen LogP contribution in [0.2, 0.25) is 0 Å². The molecule has 3 atom stereocenters. The second-order valence-electron chi connectivity index (χ2n) is 4.91. The van der Waals surface area contributed by atoms with Crippen molar-refractivity contribution in [2.45, 2.75) is 56.8 Å². The SMILES string of the molecule is C=CC(C)NC1CC2CCC(C1)N2C. The maximum atomic E-state index is 3.82. The van der Waals surface area contributed by atoms with E-state index in [4.69, 9.17) is 0 Å². The van der Waals surface area contributed by atoms with Gasteiger partial charge in [0.1, 0.15) is 0 Å². The highest BCUT2D eigenvalue weighted by molar-refractivity contribution is 4.97. The summed E-state index contributed by atoms with van der Waals surface area (Å²) in [5.41, 5.74) is 0. The molecule has 2 heterocycles. The zero-order valence-corrected chi connectivity index (χ0v) is 9.37. The summed E-state index contributed by atoms with van der Waals surface area (Å²) in [6.45, 7) is 6.01. The molecule has 0 aromatic heterocycles. The van der Waals surface area contributed by atoms with Crippen LogP contribution < -0.4 is 5.32 Å². The highest BCUT2D eigenvalue weighted by Gasteiger charge is 2.38. The molecule has 2 bridgehead atoms. The monoisotopic (exact) mass is 194 g/mol. The maximum absolute atomic E-state index is 3.82. The standard InChI is InChI=1S/C12H22N2/c1-4-9(2)13-10-7-11-5-6-12(8-10)14(11)3/h4,9-13H,1,5-8H2,2-3H3. The number of hydrogen-bond acceptors (Lipinski definition) is 2. The molecule has 0 saturated carbocycles. The summed E-state index contributed by atoms with van der Waals surface area (Å²) in [6, 6.07) is 2.85. The van der Waals surface area contributed by atoms with E-state index in [-0.39, 0.29) is 0 Å². The summed E-state index contributed by atoms with van der Waals surface area (Å²) < 4.78 is 0. The molecular formula is C12H22N2. The normalized spacial score (nSPS) is 39.7. The van der Waals surface area contributed by atoms with Gasteiger partial charge in [0.15, 0.2) is 0 Å². The van der Waals surface area contributed by atoms with Crippen LogP contribution in [0.25, 0.3) is 0 Å². The molecule has 0 aromatic carbocycles. The van der Waals surface area contributed by atoms with Crippen molar-refractivity contribution in [1.82, 2.24) is 10.2 Å². The van der Waals surface area contributed by atoms with Crippen LogP contribution in [0.4, 0.5) is 0 Å². The Morgan fingerprint density at radius 2 is 1.93 bits per heavy atom. The first-order valence-electron chi connectivity index (χ1n) is 5.81. The van der Waals surface area contributed by atoms with E-state index in [1.54, 1.807) is 0 Å². The van der Waals surface area contributed by atoms with E-state index in [1.807, 2.05) is 6.08 Å². The van der Waals surface area contributed by atoms with Gasteiger partial charge in [-0.25, -0.2) is 0 Å². The van der Waals surface area contributed by atoms with Crippen LogP contribution in [0.5, 0.6) is 0 Å². The molecule has 2 saturated heterocycles. The topological polar surface area (TPSA) is 15.3 Å². The highest BCUT2D eigenvalue weighted by atomic mass is 15.2. The Balaban J connectivity index is 1.89. The Kier molecular flexibility index (Phi) is 2.93. The van der Waals surface area contributed by atoms with E-state index < -0.39 is 0 Å². The van der Waals surface area contributed by atoms with Crippen molar-refractivity contribution in [1.29, 1.82) is 0 Å². The molecule has 0 aliphatic carbocycles. The van der Waals surface area contributed by atoms with Crippen LogP contribution in [0, 0.1) is 0 Å². The molecule has 2 nitrogen and oxygen atoms in total. The number of nitrogens with zero attached hydrogens (tertiary/aromatic N) is 1. The van der Waals surface area contributed by atoms with Crippen molar-refractivity contribution in [3.8, 4) is 0 Å². The van der Waals surface area contributed by atoms with Crippen molar-refractivity contribution in [2.75, 3.05) is 7.05 Å². The number of rotatable bonds is 3. The molecule has 14 heavy (non-hydrogen) atoms. The quantitative estimate of drug-likeness (QED) is 0.689. The highest BCUT2D eigenvalue weighted by Crippen LogP contribution is 2.34. The molecule has 0 radical (unpaired) electrons. The first-order chi connectivity index (χ1) is 6.70. The van der Waals surface area contributed by atoms with Gasteiger partial charge in [-0.2, -0.15) is 0 Å². The summed E-state index contributed by atoms with van der Waals surface area (Å²) in [5.74, 6) is 0. The Morgan fingerprint density at radius 3 is 2.43 bits per heavy atom. The summed E-state index contributed by atoms with van der Waals surface area (Å²) in [7, 11) is 2.29. The maximum Gasteiger partial charge on any atom is 0.0221 e. The zero-order chi connectivity index (χ0) is 10.1. The van der Waals surface area contributed by atoms with Crippen LogP contribution >= 0.6 is 0 Å². The van der Waals surface area contributed by atoms with Crippen LogP contribution in [-0.2, 0) is 0 Å². The lowest BCUT2D eigenvalue weighted by Crippen LogP contribution is -2.48. The van der Waals surface area contributed by atoms with E-state index in [0.29, 0.717) is 6.04 Å². The summed E-state index contributed by atoms with van der Waals surface area (Å²) in [5, 5.41) is 3.65. The first-order valence-corrected chi connectivity index (χ1v) is 5.81. The van der Waals surface area contributed by atoms with E-state index in [9.17, 15) is 0 Å². The van der Waals surface area contributed by atoms with Crippen molar-refractivity contribution >= 4 is 0 Å². The minimum Gasteiger partial charge on any atom is -0.308 e. The second-order valence-corrected chi connectivity index (χ2v) is 4.91. The zero-order valence-electron chi connectivity index (χ0n) is 9.37. The van der Waals surface area contributed by atoms with E-state index in [2.05, 4.69) is 30.8 Å². The Labute approximate surface area is 87.4 Å². The van der Waals surface area contributed by atoms with E-state index in [1.165, 1.54) is 25.7 Å². The third-order valence-corrected chi connectivity index (χ3v) is 3.95. The van der Waals surface area contributed by atoms with Crippen LogP contribution in [-0.4, -0.2) is 36.1 Å². The van der Waals surface area contributed by atoms with Crippen LogP contribution in [0.1, 0.15) is 32.6 Å². The lowest BCUT2D eigenvalue weighted by molar-refractivity contribution is 0.146. The Hall–Kier alpha value is -0.340. The van der Waals surface area contributed by atoms with Crippen LogP contribution in [0.15, 0.2) is 12.7 Å². The molecule has 0 aromatic rings. The summed E-state index contributed by atoms with van der Waals surface area (Å²) >= 11 is 0. The van der Waals surface area contributed by atoms with Gasteiger partial charge in [0, 0.05) is 24.2 Å². The predicted molar refractivity (Wildman–Crippen MR) is 60.4 cm³/mol. The fourth-order valence-corrected chi connectivity index (χ4v) is 2.99. The van der Waals surface area contributed by atoms with Gasteiger partial charge in [-0.15, -0.1) is 6.58 Å². The largest absolute Gasteiger partial charge is 0.308 e. The van der Waals surface area contributed by atoms with Crippen molar-refractivity contribution in [2.24, 2.45) is 0 Å². The third kappa shape index (κ3) is 1.86. The van der Waals surface area contributed by atoms with E-state index >= 15 is 0 Å². The molecule has 2 aliphatic rings. The fourth-order valence-electron chi connectivity index (χ4n) is 2.99. The number of hydrogen-bond donors (Lipinski definition) is 1. The van der Waals surface area contributed by atoms with E-state index in [0.717, 1.165) is 18.1 Å². The van der Waals surface area contributed by atoms with Gasteiger partial charge in [-0.05, 0) is 39.7 Å². The van der Waals surface area contributed by atoms with Gasteiger partial charge in [-0.3, -0.25) is 0 Å². The Bertz CT molecular complexity index is 200. The van der Waals surface area contributed by atoms with Gasteiger partial charge in [0.05, 0.1) is 0 Å². The summed E-state index contributed by atoms with van der Waals surface area (Å²) in [6.07, 6.45) is 7.46. The average Bonchev–Trinajstić information content (AvgIpc) is 2.42. The molecule has 2 heteroatoms. The minimum atomic E-state index is 0.461. The third-order valence-electron chi connectivity index (χ3n) is 3.95. The molecule has 1 N–H and O–H groups in total. The van der Waals surface area contributed by atoms with Crippen molar-refractivity contribution in [3.05, 3.63) is 12.7 Å². The molecule has 3 unspecified atom stereocenters. The van der Waals surface area contributed by atoms with Gasteiger partial charge < -0.3 is 10.2 Å². The van der Waals surface area contributed by atoms with Crippen molar-refractivity contribution in [3.63, 3.8) is 0 Å². The lowest BCUT2D eigenvalue weighted by atomic mass is 9.97. The molecule has 0 spiro atoms. The van der Waals surface area contributed by atoms with Gasteiger partial charge in [0.25, 0.3) is 0 Å². The minimum absolute atomic E-state index is 0.461. The predicted octanol–water partition coefficient (Wildman–Crippen LogP) is 1.78. The summed E-state index contributed by atoms with van der Waals surface area (Å²) in [4.78, 5) is 2.58.